The topological polar surface area (TPSA) is 80.9 Å². The quantitative estimate of drug-likeness (QED) is 0.707. The molecule has 0 aliphatic heterocycles. The van der Waals surface area contributed by atoms with Gasteiger partial charge in [-0.2, -0.15) is 0 Å². The Morgan fingerprint density at radius 2 is 2.47 bits per heavy atom. The molecule has 0 aliphatic rings. The number of nitrogens with one attached hydrogen (secondary N) is 1. The molecule has 0 fully saturated rings. The standard InChI is InChI=1S/C10H14N4O/c1-8(15)12-6-3-2-4-9-5-7-13-10(11)14-9/h2,4-5,7H,3,6H2,1H3,(H,12,15)(H2,11,13,14). The molecule has 1 amide bonds. The Hall–Kier alpha value is -1.91. The molecule has 1 aromatic rings. The summed E-state index contributed by atoms with van der Waals surface area (Å²) in [6.45, 7) is 2.13. The van der Waals surface area contributed by atoms with Crippen LogP contribution in [0.4, 0.5) is 5.95 Å². The van der Waals surface area contributed by atoms with Gasteiger partial charge in [-0.05, 0) is 18.6 Å². The van der Waals surface area contributed by atoms with Crippen LogP contribution in [0.2, 0.25) is 0 Å². The van der Waals surface area contributed by atoms with Crippen LogP contribution in [0.3, 0.4) is 0 Å². The average molecular weight is 206 g/mol. The largest absolute Gasteiger partial charge is 0.368 e. The predicted molar refractivity (Wildman–Crippen MR) is 58.8 cm³/mol. The van der Waals surface area contributed by atoms with Gasteiger partial charge in [0.05, 0.1) is 5.69 Å². The Balaban J connectivity index is 2.35. The van der Waals surface area contributed by atoms with E-state index in [0.29, 0.717) is 6.54 Å². The number of amides is 1. The van der Waals surface area contributed by atoms with Crippen molar-refractivity contribution >= 4 is 17.9 Å². The van der Waals surface area contributed by atoms with Crippen molar-refractivity contribution in [3.05, 3.63) is 24.0 Å². The highest BCUT2D eigenvalue weighted by Crippen LogP contribution is 1.99. The lowest BCUT2D eigenvalue weighted by Gasteiger charge is -1.97. The molecular formula is C10H14N4O. The minimum absolute atomic E-state index is 0.0188. The Kier molecular flexibility index (Phi) is 4.28. The number of hydrogen-bond acceptors (Lipinski definition) is 4. The number of carbonyl (C=O) groups is 1. The van der Waals surface area contributed by atoms with E-state index in [4.69, 9.17) is 5.73 Å². The van der Waals surface area contributed by atoms with Gasteiger partial charge in [-0.25, -0.2) is 9.97 Å². The molecule has 0 spiro atoms. The van der Waals surface area contributed by atoms with Crippen LogP contribution in [0.1, 0.15) is 19.0 Å². The summed E-state index contributed by atoms with van der Waals surface area (Å²) in [6.07, 6.45) is 6.15. The number of anilines is 1. The molecule has 1 rings (SSSR count). The lowest BCUT2D eigenvalue weighted by molar-refractivity contribution is -0.118. The lowest BCUT2D eigenvalue weighted by atomic mass is 10.3. The van der Waals surface area contributed by atoms with Gasteiger partial charge in [0, 0.05) is 19.7 Å². The van der Waals surface area contributed by atoms with Gasteiger partial charge in [0.25, 0.3) is 0 Å². The molecule has 0 unspecified atom stereocenters. The highest BCUT2D eigenvalue weighted by atomic mass is 16.1. The van der Waals surface area contributed by atoms with E-state index in [2.05, 4.69) is 15.3 Å². The third-order valence-electron chi connectivity index (χ3n) is 1.67. The van der Waals surface area contributed by atoms with E-state index in [1.54, 1.807) is 12.3 Å². The van der Waals surface area contributed by atoms with Gasteiger partial charge < -0.3 is 11.1 Å². The number of nitrogens with zero attached hydrogens (tertiary/aromatic N) is 2. The number of nitrogens with two attached hydrogens (primary N) is 1. The maximum Gasteiger partial charge on any atom is 0.220 e. The fraction of sp³-hybridized carbons (Fsp3) is 0.300. The molecule has 0 saturated carbocycles. The average Bonchev–Trinajstić information content (AvgIpc) is 2.17. The van der Waals surface area contributed by atoms with Crippen molar-refractivity contribution in [2.24, 2.45) is 0 Å². The van der Waals surface area contributed by atoms with Crippen molar-refractivity contribution in [2.75, 3.05) is 12.3 Å². The second-order valence-electron chi connectivity index (χ2n) is 3.01. The number of aromatic nitrogens is 2. The Bertz CT molecular complexity index is 362. The molecule has 0 saturated heterocycles. The monoisotopic (exact) mass is 206 g/mol. The third-order valence-corrected chi connectivity index (χ3v) is 1.67. The first-order valence-corrected chi connectivity index (χ1v) is 4.68. The summed E-state index contributed by atoms with van der Waals surface area (Å²) in [5.41, 5.74) is 6.18. The van der Waals surface area contributed by atoms with Crippen molar-refractivity contribution < 1.29 is 4.79 Å². The SMILES string of the molecule is CC(=O)NCCC=Cc1ccnc(N)n1. The molecule has 0 radical (unpaired) electrons. The summed E-state index contributed by atoms with van der Waals surface area (Å²) < 4.78 is 0. The first kappa shape index (κ1) is 11.2. The smallest absolute Gasteiger partial charge is 0.220 e. The van der Waals surface area contributed by atoms with Gasteiger partial charge in [0.15, 0.2) is 0 Å². The molecule has 0 atom stereocenters. The van der Waals surface area contributed by atoms with E-state index in [-0.39, 0.29) is 11.9 Å². The molecule has 3 N–H and O–H groups in total. The van der Waals surface area contributed by atoms with Gasteiger partial charge in [0.1, 0.15) is 0 Å². The van der Waals surface area contributed by atoms with E-state index in [9.17, 15) is 4.79 Å². The second kappa shape index (κ2) is 5.74. The molecule has 5 nitrogen and oxygen atoms in total. The summed E-state index contributed by atoms with van der Waals surface area (Å²) in [4.78, 5) is 18.3. The van der Waals surface area contributed by atoms with E-state index < -0.39 is 0 Å². The third kappa shape index (κ3) is 4.75. The fourth-order valence-corrected chi connectivity index (χ4v) is 1.02. The van der Waals surface area contributed by atoms with Gasteiger partial charge in [0.2, 0.25) is 11.9 Å². The zero-order valence-electron chi connectivity index (χ0n) is 8.60. The van der Waals surface area contributed by atoms with Crippen LogP contribution >= 0.6 is 0 Å². The van der Waals surface area contributed by atoms with Crippen LogP contribution < -0.4 is 11.1 Å². The van der Waals surface area contributed by atoms with Crippen molar-refractivity contribution in [1.29, 1.82) is 0 Å². The van der Waals surface area contributed by atoms with Crippen molar-refractivity contribution in [2.45, 2.75) is 13.3 Å². The number of rotatable bonds is 4. The maximum atomic E-state index is 10.5. The zero-order chi connectivity index (χ0) is 11.1. The highest BCUT2D eigenvalue weighted by molar-refractivity contribution is 5.72. The van der Waals surface area contributed by atoms with Crippen LogP contribution in [0.15, 0.2) is 18.3 Å². The summed E-state index contributed by atoms with van der Waals surface area (Å²) in [6, 6.07) is 1.77. The first-order chi connectivity index (χ1) is 7.18. The molecule has 1 heterocycles. The van der Waals surface area contributed by atoms with Crippen molar-refractivity contribution in [3.63, 3.8) is 0 Å². The number of nitrogen functional groups attached to an aromatic ring is 1. The predicted octanol–water partition coefficient (Wildman–Crippen LogP) is 0.598. The van der Waals surface area contributed by atoms with Gasteiger partial charge in [-0.15, -0.1) is 0 Å². The summed E-state index contributed by atoms with van der Waals surface area (Å²) in [5, 5.41) is 2.70. The molecule has 80 valence electrons. The normalized spacial score (nSPS) is 10.5. The van der Waals surface area contributed by atoms with Crippen LogP contribution in [-0.2, 0) is 4.79 Å². The van der Waals surface area contributed by atoms with Crippen LogP contribution in [0.5, 0.6) is 0 Å². The summed E-state index contributed by atoms with van der Waals surface area (Å²) in [5.74, 6) is 0.244. The molecule has 0 bridgehead atoms. The van der Waals surface area contributed by atoms with Crippen LogP contribution in [0.25, 0.3) is 6.08 Å². The Morgan fingerprint density at radius 1 is 1.67 bits per heavy atom. The summed E-state index contributed by atoms with van der Waals surface area (Å²) in [7, 11) is 0. The molecular weight excluding hydrogens is 192 g/mol. The molecule has 0 aliphatic carbocycles. The lowest BCUT2D eigenvalue weighted by Crippen LogP contribution is -2.20. The highest BCUT2D eigenvalue weighted by Gasteiger charge is 1.90. The Labute approximate surface area is 88.4 Å². The van der Waals surface area contributed by atoms with E-state index in [1.807, 2.05) is 12.2 Å². The Morgan fingerprint density at radius 3 is 3.13 bits per heavy atom. The molecule has 15 heavy (non-hydrogen) atoms. The minimum Gasteiger partial charge on any atom is -0.368 e. The van der Waals surface area contributed by atoms with Crippen molar-refractivity contribution in [1.82, 2.24) is 15.3 Å². The molecule has 5 heteroatoms. The van der Waals surface area contributed by atoms with Gasteiger partial charge in [-0.1, -0.05) is 6.08 Å². The fourth-order valence-electron chi connectivity index (χ4n) is 1.02. The van der Waals surface area contributed by atoms with E-state index >= 15 is 0 Å². The van der Waals surface area contributed by atoms with Crippen LogP contribution in [-0.4, -0.2) is 22.4 Å². The van der Waals surface area contributed by atoms with Gasteiger partial charge in [-0.3, -0.25) is 4.79 Å². The van der Waals surface area contributed by atoms with E-state index in [1.165, 1.54) is 6.92 Å². The molecule has 0 aromatic carbocycles. The van der Waals surface area contributed by atoms with Gasteiger partial charge >= 0.3 is 0 Å². The number of carbonyl (C=O) groups excluding carboxylic acids is 1. The minimum atomic E-state index is -0.0188. The van der Waals surface area contributed by atoms with E-state index in [0.717, 1.165) is 12.1 Å². The molecule has 1 aromatic heterocycles. The zero-order valence-corrected chi connectivity index (χ0v) is 8.60. The number of hydrogen-bond donors (Lipinski definition) is 2. The first-order valence-electron chi connectivity index (χ1n) is 4.68. The maximum absolute atomic E-state index is 10.5. The van der Waals surface area contributed by atoms with Crippen molar-refractivity contribution in [3.8, 4) is 0 Å². The van der Waals surface area contributed by atoms with Crippen LogP contribution in [0, 0.1) is 0 Å². The second-order valence-corrected chi connectivity index (χ2v) is 3.01. The summed E-state index contributed by atoms with van der Waals surface area (Å²) >= 11 is 0.